The van der Waals surface area contributed by atoms with E-state index in [2.05, 4.69) is 19.9 Å². The van der Waals surface area contributed by atoms with E-state index in [1.165, 1.54) is 34.6 Å². The van der Waals surface area contributed by atoms with Gasteiger partial charge in [0, 0.05) is 9.75 Å². The van der Waals surface area contributed by atoms with Gasteiger partial charge in [0.2, 0.25) is 0 Å². The van der Waals surface area contributed by atoms with Crippen LogP contribution in [0.1, 0.15) is 60.3 Å². The van der Waals surface area contributed by atoms with Crippen LogP contribution in [0.25, 0.3) is 0 Å². The molecule has 0 spiro atoms. The zero-order valence-electron chi connectivity index (χ0n) is 12.0. The minimum Gasteiger partial charge on any atom is -0.481 e. The topological polar surface area (TPSA) is 37.3 Å². The molecule has 0 amide bonds. The monoisotopic (exact) mass is 280 g/mol. The lowest BCUT2D eigenvalue weighted by molar-refractivity contribution is -0.140. The quantitative estimate of drug-likeness (QED) is 0.847. The van der Waals surface area contributed by atoms with Gasteiger partial charge in [-0.1, -0.05) is 19.3 Å². The van der Waals surface area contributed by atoms with Gasteiger partial charge in [-0.15, -0.1) is 11.3 Å². The highest BCUT2D eigenvalue weighted by molar-refractivity contribution is 7.12. The molecule has 0 radical (unpaired) electrons. The minimum absolute atomic E-state index is 0.0619. The number of aliphatic carboxylic acids is 1. The lowest BCUT2D eigenvalue weighted by Gasteiger charge is -2.36. The maximum absolute atomic E-state index is 11.2. The van der Waals surface area contributed by atoms with Crippen LogP contribution in [-0.4, -0.2) is 11.1 Å². The molecule has 1 heterocycles. The van der Waals surface area contributed by atoms with Crippen molar-refractivity contribution in [2.24, 2.45) is 5.41 Å². The van der Waals surface area contributed by atoms with Gasteiger partial charge in [0.25, 0.3) is 0 Å². The number of carboxylic acid groups (broad SMARTS) is 1. The normalized spacial score (nSPS) is 18.4. The van der Waals surface area contributed by atoms with E-state index in [4.69, 9.17) is 0 Å². The number of hydrogen-bond donors (Lipinski definition) is 1. The van der Waals surface area contributed by atoms with Crippen LogP contribution in [0, 0.1) is 19.3 Å². The summed E-state index contributed by atoms with van der Waals surface area (Å²) in [6.07, 6.45) is 8.32. The molecular weight excluding hydrogens is 256 g/mol. The van der Waals surface area contributed by atoms with E-state index in [-0.39, 0.29) is 5.41 Å². The molecule has 1 aromatic rings. The van der Waals surface area contributed by atoms with Crippen LogP contribution < -0.4 is 0 Å². The van der Waals surface area contributed by atoms with E-state index in [0.29, 0.717) is 6.42 Å². The lowest BCUT2D eigenvalue weighted by atomic mass is 9.68. The number of rotatable bonds is 5. The first-order valence-corrected chi connectivity index (χ1v) is 8.10. The maximum atomic E-state index is 11.2. The summed E-state index contributed by atoms with van der Waals surface area (Å²) in [6, 6.07) is 2.28. The summed E-state index contributed by atoms with van der Waals surface area (Å²) in [5.41, 5.74) is 1.49. The van der Waals surface area contributed by atoms with Crippen molar-refractivity contribution in [3.8, 4) is 0 Å². The molecule has 1 saturated carbocycles. The molecule has 0 aliphatic heterocycles. The van der Waals surface area contributed by atoms with Crippen LogP contribution in [0.3, 0.4) is 0 Å². The highest BCUT2D eigenvalue weighted by Gasteiger charge is 2.34. The Morgan fingerprint density at radius 3 is 2.53 bits per heavy atom. The van der Waals surface area contributed by atoms with Gasteiger partial charge in [-0.2, -0.15) is 0 Å². The van der Waals surface area contributed by atoms with Gasteiger partial charge in [0.05, 0.1) is 6.42 Å². The summed E-state index contributed by atoms with van der Waals surface area (Å²) >= 11 is 1.85. The molecule has 3 heteroatoms. The molecule has 1 aliphatic rings. The molecule has 2 rings (SSSR count). The summed E-state index contributed by atoms with van der Waals surface area (Å²) in [5, 5.41) is 9.19. The van der Waals surface area contributed by atoms with E-state index in [1.54, 1.807) is 0 Å². The Hall–Kier alpha value is -0.830. The predicted octanol–water partition coefficient (Wildman–Crippen LogP) is 4.72. The molecule has 1 aromatic heterocycles. The fourth-order valence-electron chi connectivity index (χ4n) is 3.47. The third-order valence-corrected chi connectivity index (χ3v) is 5.52. The second-order valence-corrected chi connectivity index (χ2v) is 7.53. The van der Waals surface area contributed by atoms with E-state index in [1.807, 2.05) is 11.3 Å². The third kappa shape index (κ3) is 3.82. The van der Waals surface area contributed by atoms with Gasteiger partial charge in [-0.05, 0) is 56.6 Å². The Bertz CT molecular complexity index is 442. The summed E-state index contributed by atoms with van der Waals surface area (Å²) in [5.74, 6) is -0.625. The van der Waals surface area contributed by atoms with E-state index >= 15 is 0 Å². The SMILES string of the molecule is Cc1cc(CCC2(CC(=O)O)CCCCC2)c(C)s1. The summed E-state index contributed by atoms with van der Waals surface area (Å²) < 4.78 is 0. The maximum Gasteiger partial charge on any atom is 0.303 e. The van der Waals surface area contributed by atoms with Crippen LogP contribution in [0.4, 0.5) is 0 Å². The highest BCUT2D eigenvalue weighted by atomic mass is 32.1. The Morgan fingerprint density at radius 2 is 2.00 bits per heavy atom. The number of carbonyl (C=O) groups is 1. The van der Waals surface area contributed by atoms with E-state index < -0.39 is 5.97 Å². The standard InChI is InChI=1S/C16H24O2S/c1-12-10-14(13(2)19-12)6-9-16(11-15(17)18)7-4-3-5-8-16/h10H,3-9,11H2,1-2H3,(H,17,18). The van der Waals surface area contributed by atoms with Gasteiger partial charge in [0.1, 0.15) is 0 Å². The van der Waals surface area contributed by atoms with Gasteiger partial charge >= 0.3 is 5.97 Å². The Morgan fingerprint density at radius 1 is 1.32 bits per heavy atom. The molecule has 1 fully saturated rings. The number of carboxylic acids is 1. The lowest BCUT2D eigenvalue weighted by Crippen LogP contribution is -2.28. The molecule has 2 nitrogen and oxygen atoms in total. The number of aryl methyl sites for hydroxylation is 3. The van der Waals surface area contributed by atoms with Crippen LogP contribution in [0.5, 0.6) is 0 Å². The molecule has 0 saturated heterocycles. The second kappa shape index (κ2) is 6.08. The Labute approximate surface area is 119 Å². The highest BCUT2D eigenvalue weighted by Crippen LogP contribution is 2.43. The molecule has 0 unspecified atom stereocenters. The molecule has 106 valence electrons. The van der Waals surface area contributed by atoms with Crippen molar-refractivity contribution in [2.45, 2.75) is 65.2 Å². The average molecular weight is 280 g/mol. The zero-order chi connectivity index (χ0) is 13.9. The Kier molecular flexibility index (Phi) is 4.67. The van der Waals surface area contributed by atoms with Gasteiger partial charge < -0.3 is 5.11 Å². The van der Waals surface area contributed by atoms with Gasteiger partial charge in [-0.25, -0.2) is 0 Å². The fraction of sp³-hybridized carbons (Fsp3) is 0.688. The van der Waals surface area contributed by atoms with Crippen LogP contribution in [-0.2, 0) is 11.2 Å². The minimum atomic E-state index is -0.625. The van der Waals surface area contributed by atoms with Crippen LogP contribution in [0.2, 0.25) is 0 Å². The first kappa shape index (κ1) is 14.6. The Balaban J connectivity index is 2.03. The summed E-state index contributed by atoms with van der Waals surface area (Å²) in [4.78, 5) is 13.9. The zero-order valence-corrected chi connectivity index (χ0v) is 12.8. The molecule has 1 N–H and O–H groups in total. The van der Waals surface area contributed by atoms with Crippen molar-refractivity contribution in [1.82, 2.24) is 0 Å². The molecule has 0 aromatic carbocycles. The first-order valence-electron chi connectivity index (χ1n) is 7.28. The third-order valence-electron chi connectivity index (χ3n) is 4.51. The largest absolute Gasteiger partial charge is 0.481 e. The van der Waals surface area contributed by atoms with E-state index in [0.717, 1.165) is 25.7 Å². The number of thiophene rings is 1. The average Bonchev–Trinajstić information content (AvgIpc) is 2.66. The molecule has 19 heavy (non-hydrogen) atoms. The molecule has 0 atom stereocenters. The molecule has 0 bridgehead atoms. The van der Waals surface area contributed by atoms with Crippen molar-refractivity contribution >= 4 is 17.3 Å². The van der Waals surface area contributed by atoms with E-state index in [9.17, 15) is 9.90 Å². The van der Waals surface area contributed by atoms with Gasteiger partial charge in [-0.3, -0.25) is 4.79 Å². The first-order chi connectivity index (χ1) is 9.01. The van der Waals surface area contributed by atoms with Crippen molar-refractivity contribution in [3.63, 3.8) is 0 Å². The van der Waals surface area contributed by atoms with Crippen molar-refractivity contribution < 1.29 is 9.90 Å². The smallest absolute Gasteiger partial charge is 0.303 e. The van der Waals surface area contributed by atoms with Crippen LogP contribution >= 0.6 is 11.3 Å². The second-order valence-electron chi connectivity index (χ2n) is 6.07. The summed E-state index contributed by atoms with van der Waals surface area (Å²) in [6.45, 7) is 4.33. The summed E-state index contributed by atoms with van der Waals surface area (Å²) in [7, 11) is 0. The molecular formula is C16H24O2S. The van der Waals surface area contributed by atoms with Gasteiger partial charge in [0.15, 0.2) is 0 Å². The van der Waals surface area contributed by atoms with Crippen molar-refractivity contribution in [1.29, 1.82) is 0 Å². The molecule has 1 aliphatic carbocycles. The van der Waals surface area contributed by atoms with Crippen molar-refractivity contribution in [2.75, 3.05) is 0 Å². The number of hydrogen-bond acceptors (Lipinski definition) is 2. The fourth-order valence-corrected chi connectivity index (χ4v) is 4.45. The van der Waals surface area contributed by atoms with Crippen LogP contribution in [0.15, 0.2) is 6.07 Å². The predicted molar refractivity (Wildman–Crippen MR) is 79.9 cm³/mol. The van der Waals surface area contributed by atoms with Crippen molar-refractivity contribution in [3.05, 3.63) is 21.4 Å².